The van der Waals surface area contributed by atoms with Gasteiger partial charge >= 0.3 is 6.18 Å². The number of ether oxygens (including phenoxy) is 2. The molecule has 1 aliphatic heterocycles. The van der Waals surface area contributed by atoms with Crippen molar-refractivity contribution in [2.45, 2.75) is 37.6 Å². The van der Waals surface area contributed by atoms with Gasteiger partial charge in [-0.15, -0.1) is 0 Å². The third-order valence-electron chi connectivity index (χ3n) is 5.40. The lowest BCUT2D eigenvalue weighted by atomic mass is 9.93. The number of nitrogens with zero attached hydrogens (tertiary/aromatic N) is 4. The lowest BCUT2D eigenvalue weighted by Gasteiger charge is -2.28. The van der Waals surface area contributed by atoms with Gasteiger partial charge in [0.2, 0.25) is 11.8 Å². The second kappa shape index (κ2) is 7.84. The Labute approximate surface area is 175 Å². The van der Waals surface area contributed by atoms with E-state index in [1.165, 1.54) is 0 Å². The fourth-order valence-corrected chi connectivity index (χ4v) is 3.75. The maximum atomic E-state index is 13.3. The average molecular weight is 431 g/mol. The first-order chi connectivity index (χ1) is 15.0. The minimum absolute atomic E-state index is 0.0223. The van der Waals surface area contributed by atoms with Crippen molar-refractivity contribution < 1.29 is 22.6 Å². The van der Waals surface area contributed by atoms with Gasteiger partial charge in [0.25, 0.3) is 0 Å². The number of halogens is 3. The van der Waals surface area contributed by atoms with Crippen molar-refractivity contribution in [3.05, 3.63) is 54.1 Å². The lowest BCUT2D eigenvalue weighted by molar-refractivity contribution is -0.142. The molecular formula is C21H20F3N5O2. The van der Waals surface area contributed by atoms with Crippen LogP contribution in [0.25, 0.3) is 11.2 Å². The number of fused-ring (bicyclic) bond motifs is 1. The second-order valence-electron chi connectivity index (χ2n) is 7.61. The van der Waals surface area contributed by atoms with Gasteiger partial charge in [-0.2, -0.15) is 18.2 Å². The summed E-state index contributed by atoms with van der Waals surface area (Å²) in [7, 11) is 0. The molecule has 3 aromatic rings. The highest BCUT2D eigenvalue weighted by Gasteiger charge is 2.38. The summed E-state index contributed by atoms with van der Waals surface area (Å²) < 4.78 is 52.4. The summed E-state index contributed by atoms with van der Waals surface area (Å²) in [6.07, 6.45) is 4.05. The molecule has 0 bridgehead atoms. The number of hydrogen-bond acceptors (Lipinski definition) is 6. The van der Waals surface area contributed by atoms with E-state index in [1.807, 2.05) is 35.0 Å². The second-order valence-corrected chi connectivity index (χ2v) is 7.61. The van der Waals surface area contributed by atoms with Gasteiger partial charge in [-0.3, -0.25) is 0 Å². The zero-order valence-corrected chi connectivity index (χ0v) is 16.5. The Morgan fingerprint density at radius 3 is 2.81 bits per heavy atom. The first-order valence-electron chi connectivity index (χ1n) is 10.0. The molecule has 0 saturated carbocycles. The molecule has 0 spiro atoms. The number of anilines is 1. The third kappa shape index (κ3) is 4.07. The molecule has 3 aromatic heterocycles. The van der Waals surface area contributed by atoms with E-state index in [4.69, 9.17) is 9.47 Å². The van der Waals surface area contributed by atoms with Gasteiger partial charge in [-0.05, 0) is 37.0 Å². The third-order valence-corrected chi connectivity index (χ3v) is 5.40. The standard InChI is InChI=1S/C21H20F3N5O2/c22-21(23,24)16-9-26-20(28-19(16)31-15-11-30-12-15)27-14-5-3-4-13(8-14)17-10-25-18-6-1-2-7-29(17)18/h1-2,4,6-7,9-10,14-15H,3,5,8,11-12H2,(H,26,27,28)/t14-/m0/s1. The van der Waals surface area contributed by atoms with E-state index in [-0.39, 0.29) is 25.2 Å². The van der Waals surface area contributed by atoms with Crippen molar-refractivity contribution in [2.24, 2.45) is 0 Å². The van der Waals surface area contributed by atoms with E-state index in [0.29, 0.717) is 6.42 Å². The van der Waals surface area contributed by atoms with Crippen LogP contribution in [0.4, 0.5) is 19.1 Å². The molecule has 1 N–H and O–H groups in total. The van der Waals surface area contributed by atoms with Crippen molar-refractivity contribution >= 4 is 17.2 Å². The van der Waals surface area contributed by atoms with Crippen molar-refractivity contribution in [2.75, 3.05) is 18.5 Å². The summed E-state index contributed by atoms with van der Waals surface area (Å²) in [5.74, 6) is -0.348. The lowest BCUT2D eigenvalue weighted by Crippen LogP contribution is -2.39. The number of pyridine rings is 1. The molecule has 1 saturated heterocycles. The summed E-state index contributed by atoms with van der Waals surface area (Å²) in [5.41, 5.74) is 2.00. The molecule has 0 radical (unpaired) electrons. The largest absolute Gasteiger partial charge is 0.469 e. The van der Waals surface area contributed by atoms with Crippen LogP contribution in [-0.2, 0) is 10.9 Å². The summed E-state index contributed by atoms with van der Waals surface area (Å²) in [5, 5.41) is 3.18. The van der Waals surface area contributed by atoms with Crippen LogP contribution in [0.1, 0.15) is 30.5 Å². The molecular weight excluding hydrogens is 411 g/mol. The van der Waals surface area contributed by atoms with E-state index in [2.05, 4.69) is 26.3 Å². The van der Waals surface area contributed by atoms with Crippen LogP contribution < -0.4 is 10.1 Å². The molecule has 4 heterocycles. The van der Waals surface area contributed by atoms with Gasteiger partial charge in [0.1, 0.15) is 17.3 Å². The number of alkyl halides is 3. The van der Waals surface area contributed by atoms with E-state index in [9.17, 15) is 13.2 Å². The quantitative estimate of drug-likeness (QED) is 0.659. The molecule has 1 fully saturated rings. The molecule has 7 nitrogen and oxygen atoms in total. The number of allylic oxidation sites excluding steroid dienone is 1. The highest BCUT2D eigenvalue weighted by molar-refractivity contribution is 5.67. The number of rotatable bonds is 5. The minimum Gasteiger partial charge on any atom is -0.469 e. The zero-order valence-electron chi connectivity index (χ0n) is 16.5. The van der Waals surface area contributed by atoms with Crippen LogP contribution in [-0.4, -0.2) is 44.7 Å². The van der Waals surface area contributed by atoms with E-state index in [1.54, 1.807) is 0 Å². The average Bonchev–Trinajstić information content (AvgIpc) is 3.14. The molecule has 10 heteroatoms. The predicted molar refractivity (Wildman–Crippen MR) is 107 cm³/mol. The fraction of sp³-hybridized carbons (Fsp3) is 0.381. The van der Waals surface area contributed by atoms with E-state index < -0.39 is 23.7 Å². The molecule has 5 rings (SSSR count). The summed E-state index contributed by atoms with van der Waals surface area (Å²) in [6.45, 7) is 0.500. The molecule has 0 amide bonds. The number of aromatic nitrogens is 4. The Morgan fingerprint density at radius 1 is 1.16 bits per heavy atom. The van der Waals surface area contributed by atoms with Crippen LogP contribution in [0.3, 0.4) is 0 Å². The minimum atomic E-state index is -4.59. The molecule has 2 aliphatic rings. The molecule has 0 unspecified atom stereocenters. The van der Waals surface area contributed by atoms with Crippen LogP contribution in [0.5, 0.6) is 5.88 Å². The first kappa shape index (κ1) is 19.8. The Morgan fingerprint density at radius 2 is 2.03 bits per heavy atom. The maximum absolute atomic E-state index is 13.3. The van der Waals surface area contributed by atoms with Crippen LogP contribution >= 0.6 is 0 Å². The van der Waals surface area contributed by atoms with Gasteiger partial charge < -0.3 is 19.2 Å². The Bertz CT molecular complexity index is 1120. The topological polar surface area (TPSA) is 73.6 Å². The number of imidazole rings is 1. The first-order valence-corrected chi connectivity index (χ1v) is 10.0. The number of hydrogen-bond donors (Lipinski definition) is 1. The van der Waals surface area contributed by atoms with Gasteiger partial charge in [0.05, 0.1) is 25.1 Å². The van der Waals surface area contributed by atoms with Crippen LogP contribution in [0.2, 0.25) is 0 Å². The highest BCUT2D eigenvalue weighted by Crippen LogP contribution is 2.36. The summed E-state index contributed by atoms with van der Waals surface area (Å²) in [6, 6.07) is 5.80. The number of nitrogens with one attached hydrogen (secondary N) is 1. The van der Waals surface area contributed by atoms with Gasteiger partial charge in [0.15, 0.2) is 0 Å². The normalized spacial score (nSPS) is 19.7. The molecule has 1 atom stereocenters. The predicted octanol–water partition coefficient (Wildman–Crippen LogP) is 3.97. The van der Waals surface area contributed by atoms with Gasteiger partial charge in [-0.1, -0.05) is 12.1 Å². The molecule has 0 aromatic carbocycles. The molecule has 31 heavy (non-hydrogen) atoms. The van der Waals surface area contributed by atoms with Crippen molar-refractivity contribution in [3.8, 4) is 5.88 Å². The van der Waals surface area contributed by atoms with E-state index >= 15 is 0 Å². The fourth-order valence-electron chi connectivity index (χ4n) is 3.75. The smallest absolute Gasteiger partial charge is 0.423 e. The van der Waals surface area contributed by atoms with Crippen molar-refractivity contribution in [1.29, 1.82) is 0 Å². The zero-order chi connectivity index (χ0) is 21.4. The van der Waals surface area contributed by atoms with Crippen molar-refractivity contribution in [1.82, 2.24) is 19.4 Å². The summed E-state index contributed by atoms with van der Waals surface area (Å²) in [4.78, 5) is 12.4. The van der Waals surface area contributed by atoms with E-state index in [0.717, 1.165) is 36.0 Å². The van der Waals surface area contributed by atoms with Crippen LogP contribution in [0.15, 0.2) is 42.9 Å². The Kier molecular flexibility index (Phi) is 5.01. The maximum Gasteiger partial charge on any atom is 0.423 e. The molecule has 1 aliphatic carbocycles. The van der Waals surface area contributed by atoms with Gasteiger partial charge in [-0.25, -0.2) is 9.97 Å². The Hall–Kier alpha value is -3.14. The van der Waals surface area contributed by atoms with Crippen molar-refractivity contribution in [3.63, 3.8) is 0 Å². The van der Waals surface area contributed by atoms with Crippen LogP contribution in [0, 0.1) is 0 Å². The highest BCUT2D eigenvalue weighted by atomic mass is 19.4. The Balaban J connectivity index is 1.35. The monoisotopic (exact) mass is 431 g/mol. The summed E-state index contributed by atoms with van der Waals surface area (Å²) >= 11 is 0. The SMILES string of the molecule is FC(F)(F)c1cnc(N[C@H]2CCC=C(c3cnc4ccccn34)C2)nc1OC1COC1. The van der Waals surface area contributed by atoms with Gasteiger partial charge in [0, 0.05) is 18.4 Å². The molecule has 162 valence electrons.